The van der Waals surface area contributed by atoms with Gasteiger partial charge in [-0.25, -0.2) is 0 Å². The lowest BCUT2D eigenvalue weighted by atomic mass is 10.1. The van der Waals surface area contributed by atoms with Crippen molar-refractivity contribution in [2.75, 3.05) is 14.1 Å². The third kappa shape index (κ3) is 4.90. The Morgan fingerprint density at radius 2 is 2.00 bits per heavy atom. The lowest BCUT2D eigenvalue weighted by molar-refractivity contribution is -0.274. The molecule has 0 saturated heterocycles. The smallest absolute Gasteiger partial charge is 0.406 e. The molecule has 0 N–H and O–H groups in total. The van der Waals surface area contributed by atoms with E-state index in [-0.39, 0.29) is 5.56 Å². The van der Waals surface area contributed by atoms with Gasteiger partial charge in [0.2, 0.25) is 0 Å². The summed E-state index contributed by atoms with van der Waals surface area (Å²) in [5.41, 5.74) is 0.134. The molecule has 1 rings (SSSR count). The summed E-state index contributed by atoms with van der Waals surface area (Å²) >= 11 is 0. The van der Waals surface area contributed by atoms with Crippen LogP contribution in [0.3, 0.4) is 0 Å². The normalized spacial score (nSPS) is 11.6. The van der Waals surface area contributed by atoms with Crippen LogP contribution < -0.4 is 4.74 Å². The van der Waals surface area contributed by atoms with Crippen LogP contribution in [0.1, 0.15) is 10.4 Å². The number of carbonyl (C=O) groups excluding carboxylic acids is 1. The van der Waals surface area contributed by atoms with Crippen LogP contribution in [0, 0.1) is 0 Å². The Kier molecular flexibility index (Phi) is 4.36. The van der Waals surface area contributed by atoms with Gasteiger partial charge in [0.05, 0.1) is 0 Å². The highest BCUT2D eigenvalue weighted by atomic mass is 19.4. The number of benzene rings is 1. The molecule has 0 aliphatic rings. The number of hydrogen-bond donors (Lipinski definition) is 0. The number of rotatable bonds is 4. The molecule has 0 bridgehead atoms. The lowest BCUT2D eigenvalue weighted by Gasteiger charge is -2.09. The van der Waals surface area contributed by atoms with Crippen LogP contribution in [0.2, 0.25) is 0 Å². The Balaban J connectivity index is 2.85. The number of hydrogen-bond acceptors (Lipinski definition) is 3. The summed E-state index contributed by atoms with van der Waals surface area (Å²) in [6.07, 6.45) is -1.98. The number of alkyl halides is 3. The molecule has 6 heteroatoms. The van der Waals surface area contributed by atoms with Gasteiger partial charge in [0.1, 0.15) is 5.75 Å². The van der Waals surface area contributed by atoms with Crippen LogP contribution >= 0.6 is 0 Å². The maximum Gasteiger partial charge on any atom is 0.573 e. The highest BCUT2D eigenvalue weighted by molar-refractivity contribution is 6.04. The number of allylic oxidation sites excluding steroid dienone is 1. The van der Waals surface area contributed by atoms with Crippen LogP contribution in [-0.2, 0) is 0 Å². The molecule has 0 heterocycles. The molecule has 0 saturated carbocycles. The third-order valence-electron chi connectivity index (χ3n) is 1.88. The van der Waals surface area contributed by atoms with Crippen LogP contribution in [0.15, 0.2) is 36.5 Å². The standard InChI is InChI=1S/C12H12F3NO2/c1-16(2)7-6-11(17)9-4-3-5-10(8-9)18-12(13,14)15/h3-8H,1-2H3. The van der Waals surface area contributed by atoms with Crippen molar-refractivity contribution >= 4 is 5.78 Å². The van der Waals surface area contributed by atoms with Gasteiger partial charge < -0.3 is 9.64 Å². The first-order valence-electron chi connectivity index (χ1n) is 5.03. The maximum absolute atomic E-state index is 12.0. The maximum atomic E-state index is 12.0. The second kappa shape index (κ2) is 5.57. The summed E-state index contributed by atoms with van der Waals surface area (Å²) in [5, 5.41) is 0. The van der Waals surface area contributed by atoms with E-state index in [0.717, 1.165) is 12.1 Å². The fraction of sp³-hybridized carbons (Fsp3) is 0.250. The molecule has 0 aliphatic carbocycles. The Morgan fingerprint density at radius 1 is 1.33 bits per heavy atom. The molecule has 0 spiro atoms. The molecule has 0 fully saturated rings. The van der Waals surface area contributed by atoms with Crippen molar-refractivity contribution in [1.29, 1.82) is 0 Å². The molecule has 0 aromatic heterocycles. The highest BCUT2D eigenvalue weighted by Crippen LogP contribution is 2.23. The van der Waals surface area contributed by atoms with E-state index >= 15 is 0 Å². The van der Waals surface area contributed by atoms with Gasteiger partial charge in [0.25, 0.3) is 0 Å². The van der Waals surface area contributed by atoms with E-state index in [2.05, 4.69) is 4.74 Å². The van der Waals surface area contributed by atoms with Gasteiger partial charge in [-0.05, 0) is 12.1 Å². The summed E-state index contributed by atoms with van der Waals surface area (Å²) in [6, 6.07) is 4.94. The number of ketones is 1. The Hall–Kier alpha value is -1.98. The predicted octanol–water partition coefficient (Wildman–Crippen LogP) is 2.84. The third-order valence-corrected chi connectivity index (χ3v) is 1.88. The van der Waals surface area contributed by atoms with E-state index in [0.29, 0.717) is 0 Å². The number of ether oxygens (including phenoxy) is 1. The molecule has 3 nitrogen and oxygen atoms in total. The van der Waals surface area contributed by atoms with Gasteiger partial charge in [0, 0.05) is 31.9 Å². The Bertz CT molecular complexity index is 453. The number of carbonyl (C=O) groups is 1. The minimum Gasteiger partial charge on any atom is -0.406 e. The summed E-state index contributed by atoms with van der Waals surface area (Å²) in [7, 11) is 3.46. The van der Waals surface area contributed by atoms with Gasteiger partial charge in [-0.1, -0.05) is 12.1 Å². The van der Waals surface area contributed by atoms with E-state index in [1.165, 1.54) is 24.4 Å². The van der Waals surface area contributed by atoms with Gasteiger partial charge in [0.15, 0.2) is 5.78 Å². The van der Waals surface area contributed by atoms with Crippen molar-refractivity contribution in [3.8, 4) is 5.75 Å². The highest BCUT2D eigenvalue weighted by Gasteiger charge is 2.31. The summed E-state index contributed by atoms with van der Waals surface area (Å²) < 4.78 is 39.7. The largest absolute Gasteiger partial charge is 0.573 e. The predicted molar refractivity (Wildman–Crippen MR) is 60.3 cm³/mol. The van der Waals surface area contributed by atoms with Crippen LogP contribution in [0.4, 0.5) is 13.2 Å². The summed E-state index contributed by atoms with van der Waals surface area (Å²) in [5.74, 6) is -0.803. The van der Waals surface area contributed by atoms with E-state index < -0.39 is 17.9 Å². The quantitative estimate of drug-likeness (QED) is 0.615. The summed E-state index contributed by atoms with van der Waals surface area (Å²) in [6.45, 7) is 0. The average Bonchev–Trinajstić information content (AvgIpc) is 2.23. The topological polar surface area (TPSA) is 29.5 Å². The number of nitrogens with zero attached hydrogens (tertiary/aromatic N) is 1. The number of halogens is 3. The van der Waals surface area contributed by atoms with Gasteiger partial charge in [-0.15, -0.1) is 13.2 Å². The Labute approximate surface area is 102 Å². The van der Waals surface area contributed by atoms with Gasteiger partial charge in [-0.3, -0.25) is 4.79 Å². The zero-order valence-corrected chi connectivity index (χ0v) is 9.86. The average molecular weight is 259 g/mol. The van der Waals surface area contributed by atoms with Crippen molar-refractivity contribution < 1.29 is 22.7 Å². The molecule has 1 aromatic carbocycles. The first kappa shape index (κ1) is 14.1. The fourth-order valence-corrected chi connectivity index (χ4v) is 1.16. The fourth-order valence-electron chi connectivity index (χ4n) is 1.16. The van der Waals surface area contributed by atoms with Crippen LogP contribution in [0.25, 0.3) is 0 Å². The monoisotopic (exact) mass is 259 g/mol. The second-order valence-corrected chi connectivity index (χ2v) is 3.72. The van der Waals surface area contributed by atoms with Crippen molar-refractivity contribution in [1.82, 2.24) is 4.90 Å². The zero-order valence-electron chi connectivity index (χ0n) is 9.86. The van der Waals surface area contributed by atoms with E-state index in [1.54, 1.807) is 19.0 Å². The van der Waals surface area contributed by atoms with Gasteiger partial charge in [-0.2, -0.15) is 0 Å². The van der Waals surface area contributed by atoms with E-state index in [1.807, 2.05) is 0 Å². The van der Waals surface area contributed by atoms with E-state index in [4.69, 9.17) is 0 Å². The van der Waals surface area contributed by atoms with Crippen molar-refractivity contribution in [3.63, 3.8) is 0 Å². The van der Waals surface area contributed by atoms with Crippen molar-refractivity contribution in [3.05, 3.63) is 42.1 Å². The molecule has 98 valence electrons. The van der Waals surface area contributed by atoms with E-state index in [9.17, 15) is 18.0 Å². The molecule has 18 heavy (non-hydrogen) atoms. The van der Waals surface area contributed by atoms with Crippen LogP contribution in [0.5, 0.6) is 5.75 Å². The first-order valence-corrected chi connectivity index (χ1v) is 5.03. The van der Waals surface area contributed by atoms with Crippen molar-refractivity contribution in [2.45, 2.75) is 6.36 Å². The lowest BCUT2D eigenvalue weighted by Crippen LogP contribution is -2.17. The minimum absolute atomic E-state index is 0.134. The molecular formula is C12H12F3NO2. The molecule has 1 aromatic rings. The summed E-state index contributed by atoms with van der Waals surface area (Å²) in [4.78, 5) is 13.3. The Morgan fingerprint density at radius 3 is 2.56 bits per heavy atom. The first-order chi connectivity index (χ1) is 8.28. The molecule has 0 radical (unpaired) electrons. The molecular weight excluding hydrogens is 247 g/mol. The zero-order chi connectivity index (χ0) is 13.8. The molecule has 0 aliphatic heterocycles. The SMILES string of the molecule is CN(C)C=CC(=O)c1cccc(OC(F)(F)F)c1. The molecule has 0 unspecified atom stereocenters. The molecule has 0 atom stereocenters. The minimum atomic E-state index is -4.76. The second-order valence-electron chi connectivity index (χ2n) is 3.72. The molecule has 0 amide bonds. The van der Waals surface area contributed by atoms with Crippen LogP contribution in [-0.4, -0.2) is 31.1 Å². The van der Waals surface area contributed by atoms with Crippen molar-refractivity contribution in [2.24, 2.45) is 0 Å². The van der Waals surface area contributed by atoms with Gasteiger partial charge >= 0.3 is 6.36 Å².